The molecule has 0 spiro atoms. The van der Waals surface area contributed by atoms with Gasteiger partial charge in [0.25, 0.3) is 0 Å². The standard InChI is InChI=1S/C26H16Cl4N2S/c27-21-13-11-19(15-23(21)29)31-25(17-7-3-1-4-8-17)32(20-12-14-22(28)24(30)16-20)26(33)18-9-5-2-6-10-18/h1-16H. The van der Waals surface area contributed by atoms with E-state index in [1.54, 1.807) is 30.3 Å². The van der Waals surface area contributed by atoms with Gasteiger partial charge in [0, 0.05) is 11.1 Å². The minimum atomic E-state index is 0.414. The van der Waals surface area contributed by atoms with Crippen LogP contribution in [0.4, 0.5) is 11.4 Å². The second-order valence-corrected chi connectivity index (χ2v) is 9.02. The average Bonchev–Trinajstić information content (AvgIpc) is 2.84. The molecule has 0 aromatic heterocycles. The molecule has 0 fully saturated rings. The lowest BCUT2D eigenvalue weighted by atomic mass is 10.1. The van der Waals surface area contributed by atoms with Crippen LogP contribution in [0.15, 0.2) is 102 Å². The van der Waals surface area contributed by atoms with E-state index >= 15 is 0 Å². The molecule has 2 nitrogen and oxygen atoms in total. The van der Waals surface area contributed by atoms with Crippen LogP contribution in [0.3, 0.4) is 0 Å². The summed E-state index contributed by atoms with van der Waals surface area (Å²) in [6, 6.07) is 30.1. The number of hydrogen-bond acceptors (Lipinski definition) is 2. The second kappa shape index (κ2) is 10.7. The molecule has 0 radical (unpaired) electrons. The fourth-order valence-corrected chi connectivity index (χ4v) is 4.09. The van der Waals surface area contributed by atoms with Crippen LogP contribution >= 0.6 is 58.6 Å². The fourth-order valence-electron chi connectivity index (χ4n) is 3.18. The Morgan fingerprint density at radius 2 is 1.15 bits per heavy atom. The number of thiocarbonyl (C=S) groups is 1. The Morgan fingerprint density at radius 3 is 1.73 bits per heavy atom. The molecule has 33 heavy (non-hydrogen) atoms. The maximum Gasteiger partial charge on any atom is 0.146 e. The molecule has 0 aliphatic rings. The Balaban J connectivity index is 1.96. The van der Waals surface area contributed by atoms with E-state index in [-0.39, 0.29) is 0 Å². The number of hydrogen-bond donors (Lipinski definition) is 0. The third kappa shape index (κ3) is 5.57. The molecule has 0 amide bonds. The van der Waals surface area contributed by atoms with Crippen molar-refractivity contribution in [2.75, 3.05) is 4.90 Å². The van der Waals surface area contributed by atoms with Crippen LogP contribution in [0.5, 0.6) is 0 Å². The lowest BCUT2D eigenvalue weighted by Gasteiger charge is -2.28. The second-order valence-electron chi connectivity index (χ2n) is 7.00. The first-order valence-corrected chi connectivity index (χ1v) is 11.8. The molecule has 0 saturated carbocycles. The van der Waals surface area contributed by atoms with E-state index in [0.717, 1.165) is 16.8 Å². The maximum atomic E-state index is 6.38. The zero-order valence-electron chi connectivity index (χ0n) is 17.1. The predicted octanol–water partition coefficient (Wildman–Crippen LogP) is 9.26. The van der Waals surface area contributed by atoms with Crippen molar-refractivity contribution in [3.63, 3.8) is 0 Å². The first kappa shape index (κ1) is 23.7. The molecule has 0 atom stereocenters. The summed E-state index contributed by atoms with van der Waals surface area (Å²) < 4.78 is 0. The fraction of sp³-hybridized carbons (Fsp3) is 0. The number of nitrogens with zero attached hydrogens (tertiary/aromatic N) is 2. The van der Waals surface area contributed by atoms with E-state index in [2.05, 4.69) is 0 Å². The van der Waals surface area contributed by atoms with E-state index < -0.39 is 0 Å². The summed E-state index contributed by atoms with van der Waals surface area (Å²) in [7, 11) is 0. The van der Waals surface area contributed by atoms with Gasteiger partial charge in [0.1, 0.15) is 10.8 Å². The van der Waals surface area contributed by atoms with Gasteiger partial charge >= 0.3 is 0 Å². The van der Waals surface area contributed by atoms with Gasteiger partial charge in [-0.05, 0) is 36.4 Å². The number of anilines is 1. The van der Waals surface area contributed by atoms with Gasteiger partial charge in [-0.15, -0.1) is 0 Å². The molecule has 0 aliphatic heterocycles. The average molecular weight is 530 g/mol. The van der Waals surface area contributed by atoms with E-state index in [1.807, 2.05) is 71.6 Å². The highest BCUT2D eigenvalue weighted by molar-refractivity contribution is 7.81. The minimum Gasteiger partial charge on any atom is -0.284 e. The number of halogens is 4. The van der Waals surface area contributed by atoms with Crippen molar-refractivity contribution in [2.24, 2.45) is 4.99 Å². The normalized spacial score (nSPS) is 11.3. The van der Waals surface area contributed by atoms with Crippen molar-refractivity contribution >= 4 is 80.8 Å². The molecule has 0 bridgehead atoms. The summed E-state index contributed by atoms with van der Waals surface area (Å²) >= 11 is 30.9. The first-order chi connectivity index (χ1) is 15.9. The van der Waals surface area contributed by atoms with Gasteiger partial charge in [-0.2, -0.15) is 0 Å². The van der Waals surface area contributed by atoms with E-state index in [1.165, 1.54) is 0 Å². The lowest BCUT2D eigenvalue weighted by Crippen LogP contribution is -2.37. The molecule has 164 valence electrons. The number of benzene rings is 4. The van der Waals surface area contributed by atoms with Crippen LogP contribution in [0.1, 0.15) is 11.1 Å². The zero-order chi connectivity index (χ0) is 23.4. The third-order valence-electron chi connectivity index (χ3n) is 4.77. The van der Waals surface area contributed by atoms with Crippen LogP contribution in [-0.4, -0.2) is 10.8 Å². The Bertz CT molecular complexity index is 1320. The molecule has 4 aromatic carbocycles. The van der Waals surface area contributed by atoms with E-state index in [0.29, 0.717) is 36.6 Å². The minimum absolute atomic E-state index is 0.414. The Labute approximate surface area is 218 Å². The largest absolute Gasteiger partial charge is 0.284 e. The van der Waals surface area contributed by atoms with Gasteiger partial charge in [0.2, 0.25) is 0 Å². The molecule has 0 N–H and O–H groups in total. The van der Waals surface area contributed by atoms with Crippen molar-refractivity contribution in [3.8, 4) is 0 Å². The number of amidine groups is 1. The maximum absolute atomic E-state index is 6.38. The number of aliphatic imine (C=N–C) groups is 1. The molecular formula is C26H16Cl4N2S. The van der Waals surface area contributed by atoms with Crippen molar-refractivity contribution in [2.45, 2.75) is 0 Å². The lowest BCUT2D eigenvalue weighted by molar-refractivity contribution is 1.36. The first-order valence-electron chi connectivity index (χ1n) is 9.88. The summed E-state index contributed by atoms with van der Waals surface area (Å²) in [5.74, 6) is 0.598. The van der Waals surface area contributed by atoms with Gasteiger partial charge < -0.3 is 0 Å². The van der Waals surface area contributed by atoms with Crippen LogP contribution in [0.25, 0.3) is 0 Å². The Kier molecular flexibility index (Phi) is 7.69. The van der Waals surface area contributed by atoms with Crippen molar-refractivity contribution < 1.29 is 0 Å². The van der Waals surface area contributed by atoms with Gasteiger partial charge in [-0.1, -0.05) is 119 Å². The SMILES string of the molecule is S=C(c1ccccc1)N(C(=Nc1ccc(Cl)c(Cl)c1)c1ccccc1)c1ccc(Cl)c(Cl)c1. The highest BCUT2D eigenvalue weighted by Crippen LogP contribution is 2.32. The molecular weight excluding hydrogens is 514 g/mol. The Morgan fingerprint density at radius 1 is 0.606 bits per heavy atom. The van der Waals surface area contributed by atoms with Crippen LogP contribution in [0.2, 0.25) is 20.1 Å². The molecule has 0 heterocycles. The topological polar surface area (TPSA) is 15.6 Å². The van der Waals surface area contributed by atoms with Gasteiger partial charge in [0.15, 0.2) is 0 Å². The van der Waals surface area contributed by atoms with Gasteiger partial charge in [0.05, 0.1) is 31.5 Å². The van der Waals surface area contributed by atoms with Gasteiger partial charge in [-0.25, -0.2) is 4.99 Å². The summed E-state index contributed by atoms with van der Waals surface area (Å²) in [4.78, 5) is 7.37. The molecule has 0 unspecified atom stereocenters. The summed E-state index contributed by atoms with van der Waals surface area (Å²) in [5.41, 5.74) is 3.06. The predicted molar refractivity (Wildman–Crippen MR) is 146 cm³/mol. The van der Waals surface area contributed by atoms with Crippen molar-refractivity contribution in [3.05, 3.63) is 128 Å². The summed E-state index contributed by atoms with van der Waals surface area (Å²) in [5, 5.41) is 1.74. The number of rotatable bonds is 4. The van der Waals surface area contributed by atoms with Crippen LogP contribution in [0, 0.1) is 0 Å². The quantitative estimate of drug-likeness (QED) is 0.149. The van der Waals surface area contributed by atoms with E-state index in [4.69, 9.17) is 63.6 Å². The van der Waals surface area contributed by atoms with Crippen LogP contribution in [-0.2, 0) is 0 Å². The molecule has 0 saturated heterocycles. The molecule has 4 aromatic rings. The Hall–Kier alpha value is -2.40. The zero-order valence-corrected chi connectivity index (χ0v) is 20.9. The highest BCUT2D eigenvalue weighted by atomic mass is 35.5. The molecule has 0 aliphatic carbocycles. The molecule has 7 heteroatoms. The molecule has 4 rings (SSSR count). The van der Waals surface area contributed by atoms with Crippen molar-refractivity contribution in [1.82, 2.24) is 0 Å². The van der Waals surface area contributed by atoms with Crippen LogP contribution < -0.4 is 4.90 Å². The van der Waals surface area contributed by atoms with E-state index in [9.17, 15) is 0 Å². The monoisotopic (exact) mass is 528 g/mol. The summed E-state index contributed by atoms with van der Waals surface area (Å²) in [6.45, 7) is 0. The highest BCUT2D eigenvalue weighted by Gasteiger charge is 2.22. The summed E-state index contributed by atoms with van der Waals surface area (Å²) in [6.07, 6.45) is 0. The van der Waals surface area contributed by atoms with Gasteiger partial charge in [-0.3, -0.25) is 4.90 Å². The third-order valence-corrected chi connectivity index (χ3v) is 6.66. The smallest absolute Gasteiger partial charge is 0.146 e. The van der Waals surface area contributed by atoms with Crippen molar-refractivity contribution in [1.29, 1.82) is 0 Å².